The van der Waals surface area contributed by atoms with Crippen LogP contribution in [-0.4, -0.2) is 23.6 Å². The zero-order valence-corrected chi connectivity index (χ0v) is 18.0. The van der Waals surface area contributed by atoms with Crippen LogP contribution in [0.5, 0.6) is 0 Å². The van der Waals surface area contributed by atoms with Crippen LogP contribution >= 0.6 is 15.9 Å². The summed E-state index contributed by atoms with van der Waals surface area (Å²) in [5.74, 6) is -1.00. The fourth-order valence-corrected chi connectivity index (χ4v) is 3.31. The highest BCUT2D eigenvalue weighted by Crippen LogP contribution is 2.20. The van der Waals surface area contributed by atoms with Gasteiger partial charge in [0.15, 0.2) is 0 Å². The lowest BCUT2D eigenvalue weighted by Crippen LogP contribution is -2.36. The summed E-state index contributed by atoms with van der Waals surface area (Å²) >= 11 is 3.37. The van der Waals surface area contributed by atoms with Gasteiger partial charge in [0.2, 0.25) is 0 Å². The van der Waals surface area contributed by atoms with Crippen LogP contribution in [0.2, 0.25) is 0 Å². The second-order valence-electron chi connectivity index (χ2n) is 6.70. The monoisotopic (exact) mass is 468 g/mol. The fourth-order valence-electron chi connectivity index (χ4n) is 3.05. The van der Waals surface area contributed by atoms with E-state index in [0.29, 0.717) is 6.54 Å². The average molecular weight is 469 g/mol. The van der Waals surface area contributed by atoms with Crippen LogP contribution < -0.4 is 10.9 Å². The van der Waals surface area contributed by atoms with E-state index in [1.807, 2.05) is 42.5 Å². The molecule has 1 unspecified atom stereocenters. The van der Waals surface area contributed by atoms with E-state index in [-0.39, 0.29) is 12.0 Å². The van der Waals surface area contributed by atoms with Crippen molar-refractivity contribution in [3.8, 4) is 0 Å². The van der Waals surface area contributed by atoms with E-state index in [9.17, 15) is 14.4 Å². The largest absolute Gasteiger partial charge is 0.469 e. The molecule has 1 aromatic heterocycles. The Kier molecular flexibility index (Phi) is 7.19. The van der Waals surface area contributed by atoms with Crippen molar-refractivity contribution in [3.63, 3.8) is 0 Å². The number of rotatable bonds is 7. The fraction of sp³-hybridized carbons (Fsp3) is 0.174. The minimum Gasteiger partial charge on any atom is -0.469 e. The van der Waals surface area contributed by atoms with Gasteiger partial charge in [0, 0.05) is 10.7 Å². The van der Waals surface area contributed by atoms with Crippen LogP contribution in [0.4, 0.5) is 0 Å². The van der Waals surface area contributed by atoms with Gasteiger partial charge in [-0.15, -0.1) is 0 Å². The van der Waals surface area contributed by atoms with Gasteiger partial charge in [0.1, 0.15) is 5.56 Å². The lowest BCUT2D eigenvalue weighted by molar-refractivity contribution is -0.141. The van der Waals surface area contributed by atoms with Crippen LogP contribution in [0.1, 0.15) is 33.9 Å². The first kappa shape index (κ1) is 21.5. The van der Waals surface area contributed by atoms with Crippen molar-refractivity contribution < 1.29 is 14.3 Å². The van der Waals surface area contributed by atoms with Crippen molar-refractivity contribution in [1.82, 2.24) is 9.88 Å². The van der Waals surface area contributed by atoms with Crippen molar-refractivity contribution in [2.75, 3.05) is 7.11 Å². The number of hydrogen-bond donors (Lipinski definition) is 1. The predicted molar refractivity (Wildman–Crippen MR) is 117 cm³/mol. The number of pyridine rings is 1. The second-order valence-corrected chi connectivity index (χ2v) is 7.61. The number of esters is 1. The van der Waals surface area contributed by atoms with Crippen molar-refractivity contribution in [2.45, 2.75) is 19.0 Å². The maximum atomic E-state index is 12.9. The van der Waals surface area contributed by atoms with Crippen molar-refractivity contribution >= 4 is 27.8 Å². The van der Waals surface area contributed by atoms with Gasteiger partial charge in [0.05, 0.1) is 26.1 Å². The molecule has 0 aliphatic heterocycles. The van der Waals surface area contributed by atoms with Gasteiger partial charge >= 0.3 is 5.97 Å². The summed E-state index contributed by atoms with van der Waals surface area (Å²) in [6.45, 7) is 0.360. The first-order chi connectivity index (χ1) is 14.5. The first-order valence-corrected chi connectivity index (χ1v) is 10.1. The number of nitrogens with zero attached hydrogens (tertiary/aromatic N) is 1. The number of benzene rings is 2. The van der Waals surface area contributed by atoms with E-state index >= 15 is 0 Å². The number of nitrogens with one attached hydrogen (secondary N) is 1. The third-order valence-corrected chi connectivity index (χ3v) is 5.17. The molecule has 30 heavy (non-hydrogen) atoms. The van der Waals surface area contributed by atoms with Gasteiger partial charge in [-0.25, -0.2) is 0 Å². The molecule has 6 nitrogen and oxygen atoms in total. The van der Waals surface area contributed by atoms with E-state index < -0.39 is 23.5 Å². The molecule has 1 heterocycles. The molecule has 0 saturated carbocycles. The Labute approximate surface area is 182 Å². The molecular formula is C23H21BrN2O4. The topological polar surface area (TPSA) is 77.4 Å². The third-order valence-electron chi connectivity index (χ3n) is 4.64. The molecule has 2 aromatic carbocycles. The molecule has 0 saturated heterocycles. The minimum atomic E-state index is -0.625. The summed E-state index contributed by atoms with van der Waals surface area (Å²) in [6.07, 6.45) is 1.60. The Morgan fingerprint density at radius 3 is 2.40 bits per heavy atom. The van der Waals surface area contributed by atoms with Crippen LogP contribution in [0.15, 0.2) is 82.2 Å². The second kappa shape index (κ2) is 10.0. The molecule has 0 fully saturated rings. The van der Waals surface area contributed by atoms with Crippen molar-refractivity contribution in [2.24, 2.45) is 0 Å². The molecule has 0 bridgehead atoms. The smallest absolute Gasteiger partial charge is 0.307 e. The zero-order valence-electron chi connectivity index (χ0n) is 16.4. The van der Waals surface area contributed by atoms with Gasteiger partial charge in [0.25, 0.3) is 11.5 Å². The summed E-state index contributed by atoms with van der Waals surface area (Å²) in [6, 6.07) is 19.3. The number of carbonyl (C=O) groups excluding carboxylic acids is 2. The summed E-state index contributed by atoms with van der Waals surface area (Å²) < 4.78 is 7.12. The van der Waals surface area contributed by atoms with Gasteiger partial charge in [-0.2, -0.15) is 0 Å². The lowest BCUT2D eigenvalue weighted by atomic mass is 10.0. The number of methoxy groups -OCH3 is 1. The number of amides is 1. The molecule has 154 valence electrons. The number of halogens is 1. The number of ether oxygens (including phenoxy) is 1. The number of carbonyl (C=O) groups is 2. The van der Waals surface area contributed by atoms with Crippen LogP contribution in [0, 0.1) is 0 Å². The van der Waals surface area contributed by atoms with E-state index in [0.717, 1.165) is 15.6 Å². The summed E-state index contributed by atoms with van der Waals surface area (Å²) in [5, 5.41) is 2.80. The van der Waals surface area contributed by atoms with Gasteiger partial charge in [-0.3, -0.25) is 14.4 Å². The molecule has 3 aromatic rings. The molecule has 0 aliphatic rings. The predicted octanol–water partition coefficient (Wildman–Crippen LogP) is 3.69. The van der Waals surface area contributed by atoms with E-state index in [1.165, 1.54) is 17.7 Å². The maximum Gasteiger partial charge on any atom is 0.307 e. The molecule has 3 rings (SSSR count). The van der Waals surface area contributed by atoms with Crippen molar-refractivity contribution in [3.05, 3.63) is 104 Å². The Balaban J connectivity index is 1.84. The molecule has 1 atom stereocenters. The van der Waals surface area contributed by atoms with E-state index in [2.05, 4.69) is 21.2 Å². The molecular weight excluding hydrogens is 448 g/mol. The zero-order chi connectivity index (χ0) is 21.5. The normalized spacial score (nSPS) is 11.5. The minimum absolute atomic E-state index is 0.0143. The van der Waals surface area contributed by atoms with Gasteiger partial charge in [-0.05, 0) is 35.4 Å². The van der Waals surface area contributed by atoms with Crippen LogP contribution in [0.25, 0.3) is 0 Å². The molecule has 0 aliphatic carbocycles. The number of hydrogen-bond acceptors (Lipinski definition) is 4. The summed E-state index contributed by atoms with van der Waals surface area (Å²) in [5.41, 5.74) is 1.31. The standard InChI is InChI=1S/C23H21BrN2O4/c1-30-21(27)14-20(17-9-11-18(24)12-10-17)25-22(28)19-8-5-13-26(23(19)29)15-16-6-3-2-4-7-16/h2-13,20H,14-15H2,1H3,(H,25,28). The molecule has 0 radical (unpaired) electrons. The maximum absolute atomic E-state index is 12.9. The van der Waals surface area contributed by atoms with Crippen LogP contribution in [-0.2, 0) is 16.1 Å². The van der Waals surface area contributed by atoms with E-state index in [1.54, 1.807) is 24.4 Å². The molecule has 1 amide bonds. The third kappa shape index (κ3) is 5.45. The first-order valence-electron chi connectivity index (χ1n) is 9.34. The van der Waals surface area contributed by atoms with Crippen molar-refractivity contribution in [1.29, 1.82) is 0 Å². The highest BCUT2D eigenvalue weighted by molar-refractivity contribution is 9.10. The lowest BCUT2D eigenvalue weighted by Gasteiger charge is -2.18. The molecule has 0 spiro atoms. The Bertz CT molecular complexity index is 1080. The SMILES string of the molecule is COC(=O)CC(NC(=O)c1cccn(Cc2ccccc2)c1=O)c1ccc(Br)cc1. The average Bonchev–Trinajstić information content (AvgIpc) is 2.76. The highest BCUT2D eigenvalue weighted by atomic mass is 79.9. The summed E-state index contributed by atoms with van der Waals surface area (Å²) in [4.78, 5) is 37.6. The number of aromatic nitrogens is 1. The van der Waals surface area contributed by atoms with E-state index in [4.69, 9.17) is 4.74 Å². The van der Waals surface area contributed by atoms with Gasteiger partial charge < -0.3 is 14.6 Å². The Hall–Kier alpha value is -3.19. The highest BCUT2D eigenvalue weighted by Gasteiger charge is 2.21. The quantitative estimate of drug-likeness (QED) is 0.536. The Morgan fingerprint density at radius 2 is 1.73 bits per heavy atom. The van der Waals surface area contributed by atoms with Gasteiger partial charge in [-0.1, -0.05) is 58.4 Å². The van der Waals surface area contributed by atoms with Crippen LogP contribution in [0.3, 0.4) is 0 Å². The Morgan fingerprint density at radius 1 is 1.03 bits per heavy atom. The summed E-state index contributed by atoms with van der Waals surface area (Å²) in [7, 11) is 1.29. The molecule has 1 N–H and O–H groups in total. The molecule has 7 heteroatoms.